The summed E-state index contributed by atoms with van der Waals surface area (Å²) in [4.78, 5) is 6.96. The number of methoxy groups -OCH3 is 1. The zero-order valence-electron chi connectivity index (χ0n) is 16.5. The smallest absolute Gasteiger partial charge is 0.193 e. The Morgan fingerprint density at radius 1 is 1.35 bits per heavy atom. The molecule has 2 N–H and O–H groups in total. The van der Waals surface area contributed by atoms with Gasteiger partial charge >= 0.3 is 0 Å². The van der Waals surface area contributed by atoms with Crippen LogP contribution in [0, 0.1) is 5.41 Å². The van der Waals surface area contributed by atoms with Crippen molar-refractivity contribution in [1.82, 2.24) is 10.2 Å². The molecule has 1 aromatic carbocycles. The van der Waals surface area contributed by atoms with Crippen molar-refractivity contribution in [3.8, 4) is 5.75 Å². The van der Waals surface area contributed by atoms with Gasteiger partial charge in [0, 0.05) is 25.6 Å². The van der Waals surface area contributed by atoms with E-state index in [2.05, 4.69) is 36.2 Å². The van der Waals surface area contributed by atoms with Gasteiger partial charge in [0.1, 0.15) is 5.75 Å². The fourth-order valence-corrected chi connectivity index (χ4v) is 3.37. The lowest BCUT2D eigenvalue weighted by molar-refractivity contribution is 0.00705. The highest BCUT2D eigenvalue weighted by Gasteiger charge is 2.35. The molecule has 0 bridgehead atoms. The van der Waals surface area contributed by atoms with Crippen LogP contribution < -0.4 is 10.1 Å². The number of nitrogens with one attached hydrogen (secondary N) is 1. The molecule has 0 spiro atoms. The van der Waals surface area contributed by atoms with Gasteiger partial charge in [-0.15, -0.1) is 24.0 Å². The average Bonchev–Trinajstić information content (AvgIpc) is 2.62. The average molecular weight is 475 g/mol. The van der Waals surface area contributed by atoms with Crippen LogP contribution in [0.15, 0.2) is 29.3 Å². The summed E-state index contributed by atoms with van der Waals surface area (Å²) in [6.07, 6.45) is 3.99. The van der Waals surface area contributed by atoms with Crippen LogP contribution in [0.1, 0.15) is 45.1 Å². The third-order valence-corrected chi connectivity index (χ3v) is 5.15. The molecule has 0 amide bonds. The van der Waals surface area contributed by atoms with Crippen LogP contribution >= 0.6 is 24.0 Å². The van der Waals surface area contributed by atoms with E-state index < -0.39 is 0 Å². The second-order valence-electron chi connectivity index (χ2n) is 7.29. The second-order valence-corrected chi connectivity index (χ2v) is 7.29. The molecule has 2 unspecified atom stereocenters. The summed E-state index contributed by atoms with van der Waals surface area (Å²) in [5.41, 5.74) is 1.10. The van der Waals surface area contributed by atoms with E-state index in [0.29, 0.717) is 6.54 Å². The first-order valence-electron chi connectivity index (χ1n) is 9.29. The number of rotatable bonds is 6. The SMILES string of the molecule is CCNC(=NCC1(C)CCCCC1O)N(C)Cc1ccc(OC)cc1.I. The van der Waals surface area contributed by atoms with E-state index in [-0.39, 0.29) is 35.5 Å². The second kappa shape index (κ2) is 11.0. The van der Waals surface area contributed by atoms with E-state index >= 15 is 0 Å². The van der Waals surface area contributed by atoms with Crippen molar-refractivity contribution >= 4 is 29.9 Å². The molecule has 0 aromatic heterocycles. The lowest BCUT2D eigenvalue weighted by Gasteiger charge is -2.37. The maximum Gasteiger partial charge on any atom is 0.193 e. The lowest BCUT2D eigenvalue weighted by Crippen LogP contribution is -2.42. The minimum Gasteiger partial charge on any atom is -0.497 e. The number of benzene rings is 1. The Balaban J connectivity index is 0.00000338. The number of aliphatic hydroxyl groups excluding tert-OH is 1. The molecule has 1 aliphatic carbocycles. The van der Waals surface area contributed by atoms with E-state index in [0.717, 1.165) is 44.1 Å². The van der Waals surface area contributed by atoms with Gasteiger partial charge in [0.2, 0.25) is 0 Å². The molecule has 1 saturated carbocycles. The van der Waals surface area contributed by atoms with Crippen molar-refractivity contribution in [3.05, 3.63) is 29.8 Å². The summed E-state index contributed by atoms with van der Waals surface area (Å²) in [7, 11) is 3.72. The van der Waals surface area contributed by atoms with E-state index in [9.17, 15) is 5.11 Å². The number of nitrogens with zero attached hydrogens (tertiary/aromatic N) is 2. The first-order valence-corrected chi connectivity index (χ1v) is 9.29. The maximum atomic E-state index is 10.4. The molecule has 2 rings (SSSR count). The van der Waals surface area contributed by atoms with Gasteiger partial charge in [0.25, 0.3) is 0 Å². The zero-order valence-corrected chi connectivity index (χ0v) is 18.8. The van der Waals surface area contributed by atoms with Crippen LogP contribution in [-0.2, 0) is 6.54 Å². The highest BCUT2D eigenvalue weighted by Crippen LogP contribution is 2.36. The van der Waals surface area contributed by atoms with Gasteiger partial charge in [-0.25, -0.2) is 0 Å². The quantitative estimate of drug-likeness (QED) is 0.375. The van der Waals surface area contributed by atoms with Crippen molar-refractivity contribution in [1.29, 1.82) is 0 Å². The first-order chi connectivity index (χ1) is 12.0. The highest BCUT2D eigenvalue weighted by molar-refractivity contribution is 14.0. The van der Waals surface area contributed by atoms with Crippen molar-refractivity contribution in [2.45, 2.75) is 52.2 Å². The molecule has 1 aromatic rings. The monoisotopic (exact) mass is 475 g/mol. The molecule has 6 heteroatoms. The fraction of sp³-hybridized carbons (Fsp3) is 0.650. The number of ether oxygens (including phenoxy) is 1. The van der Waals surface area contributed by atoms with Gasteiger partial charge in [-0.05, 0) is 37.5 Å². The Morgan fingerprint density at radius 3 is 2.62 bits per heavy atom. The Kier molecular flexibility index (Phi) is 9.71. The lowest BCUT2D eigenvalue weighted by atomic mass is 9.73. The van der Waals surface area contributed by atoms with Gasteiger partial charge in [-0.3, -0.25) is 4.99 Å². The summed E-state index contributed by atoms with van der Waals surface area (Å²) >= 11 is 0. The zero-order chi connectivity index (χ0) is 18.3. The molecule has 0 saturated heterocycles. The number of hydrogen-bond acceptors (Lipinski definition) is 3. The van der Waals surface area contributed by atoms with Crippen LogP contribution in [0.25, 0.3) is 0 Å². The number of aliphatic imine (C=N–C) groups is 1. The normalized spacial score (nSPS) is 23.1. The Labute approximate surface area is 175 Å². The molecule has 0 heterocycles. The third-order valence-electron chi connectivity index (χ3n) is 5.15. The van der Waals surface area contributed by atoms with Crippen molar-refractivity contribution in [3.63, 3.8) is 0 Å². The topological polar surface area (TPSA) is 57.1 Å². The van der Waals surface area contributed by atoms with Crippen LogP contribution in [0.2, 0.25) is 0 Å². The van der Waals surface area contributed by atoms with E-state index in [4.69, 9.17) is 9.73 Å². The Morgan fingerprint density at radius 2 is 2.04 bits per heavy atom. The summed E-state index contributed by atoms with van der Waals surface area (Å²) in [5, 5.41) is 13.7. The molecule has 26 heavy (non-hydrogen) atoms. The van der Waals surface area contributed by atoms with Gasteiger partial charge in [-0.2, -0.15) is 0 Å². The summed E-state index contributed by atoms with van der Waals surface area (Å²) in [5.74, 6) is 1.75. The number of aliphatic hydroxyl groups is 1. The summed E-state index contributed by atoms with van der Waals surface area (Å²) in [6.45, 7) is 6.49. The van der Waals surface area contributed by atoms with Crippen molar-refractivity contribution < 1.29 is 9.84 Å². The molecular formula is C20H34IN3O2. The number of halogens is 1. The van der Waals surface area contributed by atoms with Crippen LogP contribution in [0.4, 0.5) is 0 Å². The molecule has 2 atom stereocenters. The molecule has 1 aliphatic rings. The number of guanidine groups is 1. The predicted octanol–water partition coefficient (Wildman–Crippen LogP) is 3.65. The van der Waals surface area contributed by atoms with Gasteiger partial charge in [-0.1, -0.05) is 31.9 Å². The van der Waals surface area contributed by atoms with Gasteiger partial charge < -0.3 is 20.1 Å². The minimum atomic E-state index is -0.250. The minimum absolute atomic E-state index is 0. The molecule has 1 fully saturated rings. The van der Waals surface area contributed by atoms with E-state index in [1.165, 1.54) is 12.0 Å². The van der Waals surface area contributed by atoms with Crippen LogP contribution in [0.5, 0.6) is 5.75 Å². The molecule has 0 radical (unpaired) electrons. The third kappa shape index (κ3) is 6.30. The summed E-state index contributed by atoms with van der Waals surface area (Å²) < 4.78 is 5.21. The van der Waals surface area contributed by atoms with Crippen molar-refractivity contribution in [2.75, 3.05) is 27.2 Å². The van der Waals surface area contributed by atoms with Gasteiger partial charge in [0.05, 0.1) is 19.8 Å². The molecule has 5 nitrogen and oxygen atoms in total. The standard InChI is InChI=1S/C20H33N3O2.HI/c1-5-21-19(22-15-20(2)13-7-6-8-18(20)24)23(3)14-16-9-11-17(25-4)12-10-16;/h9-12,18,24H,5-8,13-15H2,1-4H3,(H,21,22);1H. The molecular weight excluding hydrogens is 441 g/mol. The van der Waals surface area contributed by atoms with Crippen molar-refractivity contribution in [2.24, 2.45) is 10.4 Å². The van der Waals surface area contributed by atoms with E-state index in [1.54, 1.807) is 7.11 Å². The first kappa shape index (κ1) is 23.0. The van der Waals surface area contributed by atoms with Crippen LogP contribution in [-0.4, -0.2) is 49.3 Å². The predicted molar refractivity (Wildman–Crippen MR) is 118 cm³/mol. The Bertz CT molecular complexity index is 565. The Hall–Kier alpha value is -1.02. The summed E-state index contributed by atoms with van der Waals surface area (Å²) in [6, 6.07) is 8.11. The van der Waals surface area contributed by atoms with Crippen LogP contribution in [0.3, 0.4) is 0 Å². The largest absolute Gasteiger partial charge is 0.497 e. The van der Waals surface area contributed by atoms with E-state index in [1.807, 2.05) is 19.2 Å². The molecule has 148 valence electrons. The maximum absolute atomic E-state index is 10.4. The van der Waals surface area contributed by atoms with Gasteiger partial charge in [0.15, 0.2) is 5.96 Å². The highest BCUT2D eigenvalue weighted by atomic mass is 127. The fourth-order valence-electron chi connectivity index (χ4n) is 3.37. The number of hydrogen-bond donors (Lipinski definition) is 2. The molecule has 0 aliphatic heterocycles.